The van der Waals surface area contributed by atoms with Crippen LogP contribution in [0.15, 0.2) is 35.0 Å². The third-order valence-electron chi connectivity index (χ3n) is 2.45. The molecule has 88 valence electrons. The molecule has 0 aliphatic heterocycles. The molecule has 0 saturated carbocycles. The second-order valence-corrected chi connectivity index (χ2v) is 4.17. The highest BCUT2D eigenvalue weighted by Gasteiger charge is 2.14. The Balaban J connectivity index is 2.45. The summed E-state index contributed by atoms with van der Waals surface area (Å²) in [5.74, 6) is 0.452. The van der Waals surface area contributed by atoms with Gasteiger partial charge in [-0.05, 0) is 23.1 Å². The first-order valence-corrected chi connectivity index (χ1v) is 5.99. The predicted octanol–water partition coefficient (Wildman–Crippen LogP) is 3.21. The molecule has 0 spiro atoms. The highest BCUT2D eigenvalue weighted by atomic mass is 32.1. The van der Waals surface area contributed by atoms with Gasteiger partial charge in [-0.2, -0.15) is 11.3 Å². The lowest BCUT2D eigenvalue weighted by molar-refractivity contribution is 0.0602. The van der Waals surface area contributed by atoms with Gasteiger partial charge in [-0.15, -0.1) is 0 Å². The summed E-state index contributed by atoms with van der Waals surface area (Å²) in [6.45, 7) is 0. The highest BCUT2D eigenvalue weighted by Crippen LogP contribution is 2.30. The number of methoxy groups -OCH3 is 2. The Morgan fingerprint density at radius 2 is 2.06 bits per heavy atom. The molecule has 0 atom stereocenters. The van der Waals surface area contributed by atoms with Crippen LogP contribution in [0.25, 0.3) is 11.1 Å². The second kappa shape index (κ2) is 5.01. The fraction of sp³-hybridized carbons (Fsp3) is 0.154. The van der Waals surface area contributed by atoms with E-state index in [0.29, 0.717) is 5.56 Å². The van der Waals surface area contributed by atoms with Crippen LogP contribution >= 0.6 is 11.3 Å². The van der Waals surface area contributed by atoms with Gasteiger partial charge in [0.25, 0.3) is 0 Å². The summed E-state index contributed by atoms with van der Waals surface area (Å²) >= 11 is 1.48. The molecule has 1 aromatic carbocycles. The molecule has 0 aliphatic rings. The first kappa shape index (κ1) is 11.7. The number of esters is 1. The second-order valence-electron chi connectivity index (χ2n) is 3.42. The van der Waals surface area contributed by atoms with Gasteiger partial charge in [-0.25, -0.2) is 4.79 Å². The van der Waals surface area contributed by atoms with Gasteiger partial charge in [0.1, 0.15) is 5.75 Å². The standard InChI is InChI=1S/C13H12O3S/c1-15-10-5-3-4-9(6-10)11-7-17-8-12(11)13(14)16-2/h3-8H,1-2H3. The molecule has 0 unspecified atom stereocenters. The van der Waals surface area contributed by atoms with E-state index in [1.807, 2.05) is 29.6 Å². The van der Waals surface area contributed by atoms with E-state index in [1.54, 1.807) is 12.5 Å². The zero-order chi connectivity index (χ0) is 12.3. The minimum absolute atomic E-state index is 0.316. The predicted molar refractivity (Wildman–Crippen MR) is 67.6 cm³/mol. The lowest BCUT2D eigenvalue weighted by atomic mass is 10.0. The maximum atomic E-state index is 11.6. The van der Waals surface area contributed by atoms with Crippen LogP contribution in [0.1, 0.15) is 10.4 Å². The van der Waals surface area contributed by atoms with Gasteiger partial charge in [0.15, 0.2) is 0 Å². The molecule has 0 radical (unpaired) electrons. The average Bonchev–Trinajstić information content (AvgIpc) is 2.87. The van der Waals surface area contributed by atoms with Crippen LogP contribution in [-0.4, -0.2) is 20.2 Å². The number of hydrogen-bond donors (Lipinski definition) is 0. The fourth-order valence-corrected chi connectivity index (χ4v) is 2.41. The number of benzene rings is 1. The number of hydrogen-bond acceptors (Lipinski definition) is 4. The summed E-state index contributed by atoms with van der Waals surface area (Å²) in [5.41, 5.74) is 2.41. The van der Waals surface area contributed by atoms with Gasteiger partial charge in [-0.3, -0.25) is 0 Å². The monoisotopic (exact) mass is 248 g/mol. The molecule has 0 fully saturated rings. The van der Waals surface area contributed by atoms with E-state index in [4.69, 9.17) is 9.47 Å². The Hall–Kier alpha value is -1.81. The van der Waals surface area contributed by atoms with Crippen LogP contribution in [0, 0.1) is 0 Å². The number of thiophene rings is 1. The molecule has 0 aliphatic carbocycles. The number of carbonyl (C=O) groups excluding carboxylic acids is 1. The summed E-state index contributed by atoms with van der Waals surface area (Å²) in [7, 11) is 3.00. The highest BCUT2D eigenvalue weighted by molar-refractivity contribution is 7.08. The Labute approximate surface area is 104 Å². The maximum absolute atomic E-state index is 11.6. The fourth-order valence-electron chi connectivity index (χ4n) is 1.58. The minimum atomic E-state index is -0.316. The largest absolute Gasteiger partial charge is 0.497 e. The molecule has 0 amide bonds. The molecule has 17 heavy (non-hydrogen) atoms. The van der Waals surface area contributed by atoms with E-state index in [1.165, 1.54) is 18.4 Å². The van der Waals surface area contributed by atoms with E-state index >= 15 is 0 Å². The summed E-state index contributed by atoms with van der Waals surface area (Å²) in [5, 5.41) is 3.72. The van der Waals surface area contributed by atoms with E-state index in [0.717, 1.165) is 16.9 Å². The number of carbonyl (C=O) groups is 1. The molecule has 1 aromatic heterocycles. The summed E-state index contributed by atoms with van der Waals surface area (Å²) < 4.78 is 9.92. The zero-order valence-electron chi connectivity index (χ0n) is 9.60. The van der Waals surface area contributed by atoms with E-state index < -0.39 is 0 Å². The molecule has 1 heterocycles. The van der Waals surface area contributed by atoms with Crippen LogP contribution in [0.4, 0.5) is 0 Å². The minimum Gasteiger partial charge on any atom is -0.497 e. The molecular weight excluding hydrogens is 236 g/mol. The zero-order valence-corrected chi connectivity index (χ0v) is 10.4. The van der Waals surface area contributed by atoms with Crippen LogP contribution in [0.5, 0.6) is 5.75 Å². The van der Waals surface area contributed by atoms with Crippen molar-refractivity contribution in [3.63, 3.8) is 0 Å². The third-order valence-corrected chi connectivity index (χ3v) is 3.19. The molecule has 4 heteroatoms. The lowest BCUT2D eigenvalue weighted by Gasteiger charge is -2.05. The van der Waals surface area contributed by atoms with Gasteiger partial charge >= 0.3 is 5.97 Å². The quantitative estimate of drug-likeness (QED) is 0.782. The van der Waals surface area contributed by atoms with Crippen LogP contribution in [0.2, 0.25) is 0 Å². The molecule has 2 aromatic rings. The molecule has 0 bridgehead atoms. The smallest absolute Gasteiger partial charge is 0.339 e. The van der Waals surface area contributed by atoms with Gasteiger partial charge in [0.05, 0.1) is 19.8 Å². The summed E-state index contributed by atoms with van der Waals surface area (Å²) in [4.78, 5) is 11.6. The van der Waals surface area contributed by atoms with Gasteiger partial charge in [0.2, 0.25) is 0 Å². The molecule has 3 nitrogen and oxygen atoms in total. The summed E-state index contributed by atoms with van der Waals surface area (Å²) in [6.07, 6.45) is 0. The van der Waals surface area contributed by atoms with Gasteiger partial charge < -0.3 is 9.47 Å². The number of rotatable bonds is 3. The Morgan fingerprint density at radius 1 is 1.24 bits per heavy atom. The van der Waals surface area contributed by atoms with Crippen molar-refractivity contribution in [2.45, 2.75) is 0 Å². The number of ether oxygens (including phenoxy) is 2. The SMILES string of the molecule is COC(=O)c1cscc1-c1cccc(OC)c1. The normalized spacial score (nSPS) is 10.0. The van der Waals surface area contributed by atoms with Crippen molar-refractivity contribution in [2.24, 2.45) is 0 Å². The van der Waals surface area contributed by atoms with Crippen molar-refractivity contribution >= 4 is 17.3 Å². The van der Waals surface area contributed by atoms with Crippen molar-refractivity contribution in [3.8, 4) is 16.9 Å². The first-order chi connectivity index (χ1) is 8.26. The van der Waals surface area contributed by atoms with Crippen molar-refractivity contribution in [1.82, 2.24) is 0 Å². The van der Waals surface area contributed by atoms with Crippen LogP contribution in [0.3, 0.4) is 0 Å². The van der Waals surface area contributed by atoms with Gasteiger partial charge in [-0.1, -0.05) is 12.1 Å². The first-order valence-electron chi connectivity index (χ1n) is 5.05. The Kier molecular flexibility index (Phi) is 3.44. The van der Waals surface area contributed by atoms with Crippen molar-refractivity contribution in [1.29, 1.82) is 0 Å². The third kappa shape index (κ3) is 2.31. The maximum Gasteiger partial charge on any atom is 0.339 e. The van der Waals surface area contributed by atoms with E-state index in [2.05, 4.69) is 0 Å². The molecular formula is C13H12O3S. The lowest BCUT2D eigenvalue weighted by Crippen LogP contribution is -2.00. The van der Waals surface area contributed by atoms with Crippen molar-refractivity contribution in [3.05, 3.63) is 40.6 Å². The van der Waals surface area contributed by atoms with Crippen LogP contribution in [-0.2, 0) is 4.74 Å². The summed E-state index contributed by atoms with van der Waals surface area (Å²) in [6, 6.07) is 7.60. The van der Waals surface area contributed by atoms with Crippen LogP contribution < -0.4 is 4.74 Å². The van der Waals surface area contributed by atoms with E-state index in [9.17, 15) is 4.79 Å². The van der Waals surface area contributed by atoms with E-state index in [-0.39, 0.29) is 5.97 Å². The Morgan fingerprint density at radius 3 is 2.76 bits per heavy atom. The van der Waals surface area contributed by atoms with Gasteiger partial charge in [0, 0.05) is 10.9 Å². The molecule has 2 rings (SSSR count). The molecule has 0 N–H and O–H groups in total. The topological polar surface area (TPSA) is 35.5 Å². The van der Waals surface area contributed by atoms with Crippen molar-refractivity contribution in [2.75, 3.05) is 14.2 Å². The average molecular weight is 248 g/mol. The Bertz CT molecular complexity index is 531. The molecule has 0 saturated heterocycles. The van der Waals surface area contributed by atoms with Crippen molar-refractivity contribution < 1.29 is 14.3 Å².